The fourth-order valence-electron chi connectivity index (χ4n) is 3.74. The van der Waals surface area contributed by atoms with Crippen molar-refractivity contribution in [2.75, 3.05) is 12.4 Å². The van der Waals surface area contributed by atoms with Crippen molar-refractivity contribution in [3.63, 3.8) is 0 Å². The molecular formula is C27H23F5N4O2S. The van der Waals surface area contributed by atoms with Gasteiger partial charge in [-0.1, -0.05) is 36.0 Å². The number of nitrogens with one attached hydrogen (secondary N) is 1. The molecule has 39 heavy (non-hydrogen) atoms. The zero-order valence-corrected chi connectivity index (χ0v) is 21.4. The van der Waals surface area contributed by atoms with Crippen LogP contribution in [0.2, 0.25) is 0 Å². The molecule has 204 valence electrons. The van der Waals surface area contributed by atoms with E-state index in [0.29, 0.717) is 22.5 Å². The predicted octanol–water partition coefficient (Wildman–Crippen LogP) is 6.29. The molecule has 0 aliphatic heterocycles. The maximum Gasteiger partial charge on any atom is 0.417 e. The van der Waals surface area contributed by atoms with Crippen LogP contribution in [0.1, 0.15) is 40.3 Å². The first-order valence-corrected chi connectivity index (χ1v) is 12.8. The highest BCUT2D eigenvalue weighted by Gasteiger charge is 2.35. The largest absolute Gasteiger partial charge is 0.493 e. The summed E-state index contributed by atoms with van der Waals surface area (Å²) in [5.74, 6) is -0.437. The molecule has 0 aliphatic rings. The van der Waals surface area contributed by atoms with E-state index in [0.717, 1.165) is 17.7 Å². The number of ether oxygens (including phenoxy) is 1. The van der Waals surface area contributed by atoms with Crippen molar-refractivity contribution >= 4 is 17.7 Å². The normalized spacial score (nSPS) is 12.3. The lowest BCUT2D eigenvalue weighted by atomic mass is 10.1. The number of benzene rings is 3. The number of hydrogen-bond donors (Lipinski definition) is 1. The number of aromatic nitrogens is 3. The summed E-state index contributed by atoms with van der Waals surface area (Å²) in [5, 5.41) is 11.4. The van der Waals surface area contributed by atoms with Crippen LogP contribution in [0.5, 0.6) is 5.75 Å². The summed E-state index contributed by atoms with van der Waals surface area (Å²) in [4.78, 5) is 12.8. The van der Waals surface area contributed by atoms with E-state index >= 15 is 0 Å². The highest BCUT2D eigenvalue weighted by Crippen LogP contribution is 2.32. The van der Waals surface area contributed by atoms with Crippen LogP contribution in [0.3, 0.4) is 0 Å². The quantitative estimate of drug-likeness (QED) is 0.140. The van der Waals surface area contributed by atoms with Crippen LogP contribution in [0.25, 0.3) is 0 Å². The molecule has 0 saturated carbocycles. The molecule has 1 amide bonds. The Labute approximate surface area is 225 Å². The summed E-state index contributed by atoms with van der Waals surface area (Å²) in [6.45, 7) is 2.09. The van der Waals surface area contributed by atoms with Gasteiger partial charge in [0.15, 0.2) is 11.0 Å². The minimum atomic E-state index is -4.69. The van der Waals surface area contributed by atoms with E-state index in [9.17, 15) is 26.7 Å². The summed E-state index contributed by atoms with van der Waals surface area (Å²) in [6, 6.07) is 15.1. The molecule has 1 atom stereocenters. The molecule has 12 heteroatoms. The van der Waals surface area contributed by atoms with E-state index in [1.54, 1.807) is 23.6 Å². The second-order valence-corrected chi connectivity index (χ2v) is 9.50. The number of carbonyl (C=O) groups excluding carboxylic acids is 1. The average Bonchev–Trinajstić information content (AvgIpc) is 3.30. The molecule has 0 unspecified atom stereocenters. The van der Waals surface area contributed by atoms with Crippen molar-refractivity contribution in [1.82, 2.24) is 20.1 Å². The van der Waals surface area contributed by atoms with Crippen molar-refractivity contribution in [2.45, 2.75) is 30.8 Å². The third kappa shape index (κ3) is 7.34. The van der Waals surface area contributed by atoms with Crippen LogP contribution >= 0.6 is 11.8 Å². The van der Waals surface area contributed by atoms with E-state index in [1.807, 2.05) is 0 Å². The first-order chi connectivity index (χ1) is 18.6. The smallest absolute Gasteiger partial charge is 0.417 e. The minimum absolute atomic E-state index is 0.225. The molecule has 0 spiro atoms. The third-order valence-corrected chi connectivity index (χ3v) is 6.54. The van der Waals surface area contributed by atoms with Crippen molar-refractivity contribution in [2.24, 2.45) is 0 Å². The molecule has 0 bridgehead atoms. The number of hydrogen-bond acceptors (Lipinski definition) is 5. The van der Waals surface area contributed by atoms with E-state index in [2.05, 4.69) is 15.5 Å². The molecule has 3 aromatic carbocycles. The maximum absolute atomic E-state index is 13.4. The van der Waals surface area contributed by atoms with Crippen LogP contribution in [0.4, 0.5) is 22.0 Å². The molecule has 0 saturated heterocycles. The topological polar surface area (TPSA) is 69.0 Å². The number of thioether (sulfide) groups is 1. The zero-order valence-electron chi connectivity index (χ0n) is 20.6. The Balaban J connectivity index is 1.52. The molecule has 6 nitrogen and oxygen atoms in total. The second-order valence-electron chi connectivity index (χ2n) is 8.44. The number of halogens is 5. The van der Waals surface area contributed by atoms with E-state index < -0.39 is 35.1 Å². The van der Waals surface area contributed by atoms with E-state index in [1.165, 1.54) is 60.3 Å². The van der Waals surface area contributed by atoms with Crippen molar-refractivity contribution < 1.29 is 31.5 Å². The van der Waals surface area contributed by atoms with Gasteiger partial charge in [-0.05, 0) is 61.0 Å². The number of rotatable bonds is 10. The third-order valence-electron chi connectivity index (χ3n) is 5.61. The van der Waals surface area contributed by atoms with Gasteiger partial charge in [0.05, 0.1) is 30.3 Å². The lowest BCUT2D eigenvalue weighted by Crippen LogP contribution is -2.30. The number of nitrogens with zero attached hydrogens (tertiary/aromatic N) is 3. The molecule has 0 radical (unpaired) electrons. The van der Waals surface area contributed by atoms with Crippen LogP contribution in [-0.2, 0) is 12.7 Å². The Bertz CT molecular complexity index is 1410. The minimum Gasteiger partial charge on any atom is -0.493 e. The van der Waals surface area contributed by atoms with Gasteiger partial charge in [-0.3, -0.25) is 9.36 Å². The van der Waals surface area contributed by atoms with Gasteiger partial charge in [0.1, 0.15) is 17.4 Å². The van der Waals surface area contributed by atoms with Gasteiger partial charge in [0.2, 0.25) is 0 Å². The Morgan fingerprint density at radius 2 is 1.62 bits per heavy atom. The van der Waals surface area contributed by atoms with Gasteiger partial charge in [-0.15, -0.1) is 10.2 Å². The van der Waals surface area contributed by atoms with Gasteiger partial charge in [-0.2, -0.15) is 13.2 Å². The van der Waals surface area contributed by atoms with Crippen molar-refractivity contribution in [1.29, 1.82) is 0 Å². The molecule has 1 N–H and O–H groups in total. The number of alkyl halides is 3. The molecule has 4 aromatic rings. The van der Waals surface area contributed by atoms with Crippen LogP contribution in [0.15, 0.2) is 78.0 Å². The summed E-state index contributed by atoms with van der Waals surface area (Å²) < 4.78 is 74.1. The van der Waals surface area contributed by atoms with Gasteiger partial charge in [-0.25, -0.2) is 8.78 Å². The highest BCUT2D eigenvalue weighted by molar-refractivity contribution is 7.99. The molecule has 1 heterocycles. The first-order valence-electron chi connectivity index (χ1n) is 11.8. The fourth-order valence-corrected chi connectivity index (χ4v) is 4.50. The van der Waals surface area contributed by atoms with Crippen LogP contribution < -0.4 is 10.1 Å². The maximum atomic E-state index is 13.4. The van der Waals surface area contributed by atoms with Gasteiger partial charge < -0.3 is 10.1 Å². The SMILES string of the molecule is C[C@H](NC(=O)c1ccccc1C(F)(F)F)c1nnc(SCCOc2ccc(F)cc2)n1Cc1ccc(F)cc1. The highest BCUT2D eigenvalue weighted by atomic mass is 32.2. The second kappa shape index (κ2) is 12.3. The predicted molar refractivity (Wildman–Crippen MR) is 135 cm³/mol. The zero-order chi connectivity index (χ0) is 28.0. The molecule has 0 fully saturated rings. The number of carbonyl (C=O) groups is 1. The van der Waals surface area contributed by atoms with E-state index in [4.69, 9.17) is 4.74 Å². The van der Waals surface area contributed by atoms with Gasteiger partial charge in [0.25, 0.3) is 5.91 Å². The van der Waals surface area contributed by atoms with Crippen LogP contribution in [0, 0.1) is 11.6 Å². The van der Waals surface area contributed by atoms with Gasteiger partial charge >= 0.3 is 6.18 Å². The standard InChI is InChI=1S/C27H23F5N4O2S/c1-17(33-25(37)22-4-2-3-5-23(22)27(30,31)32)24-34-35-26(36(24)16-18-6-8-19(28)9-7-18)39-15-14-38-21-12-10-20(29)11-13-21/h2-13,17H,14-16H2,1H3,(H,33,37)/t17-/m0/s1. The number of amides is 1. The fraction of sp³-hybridized carbons (Fsp3) is 0.222. The molecule has 0 aliphatic carbocycles. The summed E-state index contributed by atoms with van der Waals surface area (Å²) >= 11 is 1.31. The Kier molecular flexibility index (Phi) is 8.85. The molecular weight excluding hydrogens is 539 g/mol. The Morgan fingerprint density at radius 3 is 2.28 bits per heavy atom. The Morgan fingerprint density at radius 1 is 0.974 bits per heavy atom. The summed E-state index contributed by atoms with van der Waals surface area (Å²) in [6.07, 6.45) is -4.69. The van der Waals surface area contributed by atoms with Crippen LogP contribution in [-0.4, -0.2) is 33.0 Å². The average molecular weight is 563 g/mol. The Hall–Kier alpha value is -3.93. The lowest BCUT2D eigenvalue weighted by molar-refractivity contribution is -0.137. The lowest BCUT2D eigenvalue weighted by Gasteiger charge is -2.18. The summed E-state index contributed by atoms with van der Waals surface area (Å²) in [5.41, 5.74) is -0.823. The molecule has 4 rings (SSSR count). The van der Waals surface area contributed by atoms with E-state index in [-0.39, 0.29) is 19.0 Å². The van der Waals surface area contributed by atoms with Crippen molar-refractivity contribution in [3.8, 4) is 5.75 Å². The molecule has 1 aromatic heterocycles. The van der Waals surface area contributed by atoms with Gasteiger partial charge in [0, 0.05) is 5.75 Å². The summed E-state index contributed by atoms with van der Waals surface area (Å²) in [7, 11) is 0. The monoisotopic (exact) mass is 562 g/mol. The van der Waals surface area contributed by atoms with Crippen molar-refractivity contribution in [3.05, 3.63) is 107 Å². The first kappa shape index (κ1) is 28.1.